The van der Waals surface area contributed by atoms with E-state index in [1.54, 1.807) is 24.5 Å². The van der Waals surface area contributed by atoms with Gasteiger partial charge in [-0.3, -0.25) is 4.79 Å². The van der Waals surface area contributed by atoms with Gasteiger partial charge in [-0.25, -0.2) is 9.97 Å². The van der Waals surface area contributed by atoms with Crippen molar-refractivity contribution in [3.8, 4) is 0 Å². The summed E-state index contributed by atoms with van der Waals surface area (Å²) in [7, 11) is 5.78. The Balaban J connectivity index is 1.66. The average Bonchev–Trinajstić information content (AvgIpc) is 3.05. The molecule has 1 aliphatic rings. The lowest BCUT2D eigenvalue weighted by Crippen LogP contribution is -2.36. The van der Waals surface area contributed by atoms with E-state index >= 15 is 0 Å². The van der Waals surface area contributed by atoms with Crippen molar-refractivity contribution in [1.29, 1.82) is 0 Å². The van der Waals surface area contributed by atoms with Crippen molar-refractivity contribution < 1.29 is 9.53 Å². The summed E-state index contributed by atoms with van der Waals surface area (Å²) in [6.45, 7) is 1.30. The second-order valence-electron chi connectivity index (χ2n) is 6.60. The zero-order chi connectivity index (χ0) is 17.8. The lowest BCUT2D eigenvalue weighted by molar-refractivity contribution is -0.0337. The van der Waals surface area contributed by atoms with Crippen LogP contribution in [-0.2, 0) is 11.8 Å². The van der Waals surface area contributed by atoms with Crippen LogP contribution in [0.1, 0.15) is 35.1 Å². The maximum atomic E-state index is 12.5. The highest BCUT2D eigenvalue weighted by atomic mass is 16.5. The Labute approximate surface area is 148 Å². The van der Waals surface area contributed by atoms with Crippen molar-refractivity contribution in [2.45, 2.75) is 18.9 Å². The first kappa shape index (κ1) is 17.4. The Kier molecular flexibility index (Phi) is 5.33. The molecule has 0 unspecified atom stereocenters. The monoisotopic (exact) mass is 343 g/mol. The summed E-state index contributed by atoms with van der Waals surface area (Å²) < 4.78 is 7.94. The van der Waals surface area contributed by atoms with Crippen molar-refractivity contribution >= 4 is 11.7 Å². The van der Waals surface area contributed by atoms with Gasteiger partial charge in [0.1, 0.15) is 17.7 Å². The predicted molar refractivity (Wildman–Crippen MR) is 95.5 cm³/mol. The molecule has 0 radical (unpaired) electrons. The standard InChI is InChI=1S/C18H25N5O2/c1-22(2)15-11-13(6-7-19-15)18(24)21-12-14-5-4-10-25-16(14)17-20-8-9-23(17)3/h6-9,11,14,16H,4-5,10,12H2,1-3H3,(H,21,24)/t14-,16+/m0/s1. The van der Waals surface area contributed by atoms with Crippen molar-refractivity contribution in [3.05, 3.63) is 42.1 Å². The molecule has 0 aromatic carbocycles. The molecule has 1 aliphatic heterocycles. The van der Waals surface area contributed by atoms with Gasteiger partial charge in [-0.1, -0.05) is 0 Å². The van der Waals surface area contributed by atoms with Crippen LogP contribution >= 0.6 is 0 Å². The molecular weight excluding hydrogens is 318 g/mol. The van der Waals surface area contributed by atoms with Gasteiger partial charge in [0.25, 0.3) is 5.91 Å². The van der Waals surface area contributed by atoms with E-state index < -0.39 is 0 Å². The molecule has 7 heteroatoms. The Morgan fingerprint density at radius 1 is 1.40 bits per heavy atom. The van der Waals surface area contributed by atoms with Crippen LogP contribution in [0.5, 0.6) is 0 Å². The zero-order valence-corrected chi connectivity index (χ0v) is 15.0. The number of anilines is 1. The molecule has 1 amide bonds. The van der Waals surface area contributed by atoms with E-state index in [0.717, 1.165) is 31.1 Å². The van der Waals surface area contributed by atoms with Gasteiger partial charge in [0.15, 0.2) is 0 Å². The summed E-state index contributed by atoms with van der Waals surface area (Å²) in [4.78, 5) is 23.0. The third-order valence-corrected chi connectivity index (χ3v) is 4.55. The SMILES string of the molecule is CN(C)c1cc(C(=O)NC[C@@H]2CCCO[C@H]2c2nccn2C)ccn1. The smallest absolute Gasteiger partial charge is 0.251 e. The Morgan fingerprint density at radius 2 is 2.24 bits per heavy atom. The fourth-order valence-corrected chi connectivity index (χ4v) is 3.12. The van der Waals surface area contributed by atoms with Gasteiger partial charge in [-0.05, 0) is 25.0 Å². The van der Waals surface area contributed by atoms with Crippen LogP contribution in [0.2, 0.25) is 0 Å². The molecule has 7 nitrogen and oxygen atoms in total. The Hall–Kier alpha value is -2.41. The first-order valence-corrected chi connectivity index (χ1v) is 8.56. The van der Waals surface area contributed by atoms with Crippen LogP contribution in [0.4, 0.5) is 5.82 Å². The number of ether oxygens (including phenoxy) is 1. The highest BCUT2D eigenvalue weighted by molar-refractivity contribution is 5.94. The number of carbonyl (C=O) groups excluding carboxylic acids is 1. The van der Waals surface area contributed by atoms with E-state index in [1.807, 2.05) is 36.8 Å². The maximum Gasteiger partial charge on any atom is 0.251 e. The highest BCUT2D eigenvalue weighted by Gasteiger charge is 2.30. The molecule has 3 rings (SSSR count). The number of imidazole rings is 1. The van der Waals surface area contributed by atoms with E-state index in [-0.39, 0.29) is 17.9 Å². The van der Waals surface area contributed by atoms with Gasteiger partial charge in [-0.2, -0.15) is 0 Å². The van der Waals surface area contributed by atoms with Crippen LogP contribution in [0.3, 0.4) is 0 Å². The van der Waals surface area contributed by atoms with Crippen molar-refractivity contribution in [2.24, 2.45) is 13.0 Å². The Morgan fingerprint density at radius 3 is 2.96 bits per heavy atom. The molecule has 2 aromatic rings. The normalized spacial score (nSPS) is 20.3. The molecular formula is C18H25N5O2. The molecule has 1 N–H and O–H groups in total. The second kappa shape index (κ2) is 7.65. The summed E-state index contributed by atoms with van der Waals surface area (Å²) in [6.07, 6.45) is 7.29. The average molecular weight is 343 g/mol. The number of nitrogens with zero attached hydrogens (tertiary/aromatic N) is 4. The minimum Gasteiger partial charge on any atom is -0.370 e. The number of carbonyl (C=O) groups is 1. The van der Waals surface area contributed by atoms with Crippen LogP contribution < -0.4 is 10.2 Å². The van der Waals surface area contributed by atoms with Crippen molar-refractivity contribution in [2.75, 3.05) is 32.1 Å². The number of nitrogens with one attached hydrogen (secondary N) is 1. The predicted octanol–water partition coefficient (Wildman–Crippen LogP) is 1.78. The maximum absolute atomic E-state index is 12.5. The van der Waals surface area contributed by atoms with E-state index in [9.17, 15) is 4.79 Å². The number of hydrogen-bond acceptors (Lipinski definition) is 5. The van der Waals surface area contributed by atoms with Crippen molar-refractivity contribution in [1.82, 2.24) is 19.9 Å². The van der Waals surface area contributed by atoms with Crippen LogP contribution in [0.15, 0.2) is 30.7 Å². The number of hydrogen-bond donors (Lipinski definition) is 1. The summed E-state index contributed by atoms with van der Waals surface area (Å²) in [5.74, 6) is 1.81. The summed E-state index contributed by atoms with van der Waals surface area (Å²) >= 11 is 0. The molecule has 134 valence electrons. The fraction of sp³-hybridized carbons (Fsp3) is 0.500. The van der Waals surface area contributed by atoms with E-state index in [2.05, 4.69) is 15.3 Å². The third-order valence-electron chi connectivity index (χ3n) is 4.55. The largest absolute Gasteiger partial charge is 0.370 e. The first-order chi connectivity index (χ1) is 12.1. The molecule has 3 heterocycles. The van der Waals surface area contributed by atoms with Gasteiger partial charge in [0, 0.05) is 64.4 Å². The molecule has 0 saturated carbocycles. The van der Waals surface area contributed by atoms with Crippen LogP contribution in [0, 0.1) is 5.92 Å². The van der Waals surface area contributed by atoms with Gasteiger partial charge < -0.3 is 19.5 Å². The molecule has 0 aliphatic carbocycles. The quantitative estimate of drug-likeness (QED) is 0.896. The van der Waals surface area contributed by atoms with Gasteiger partial charge >= 0.3 is 0 Å². The van der Waals surface area contributed by atoms with Gasteiger partial charge in [0.05, 0.1) is 0 Å². The summed E-state index contributed by atoms with van der Waals surface area (Å²) in [5, 5.41) is 3.04. The summed E-state index contributed by atoms with van der Waals surface area (Å²) in [5.41, 5.74) is 0.615. The van der Waals surface area contributed by atoms with Crippen LogP contribution in [-0.4, -0.2) is 47.7 Å². The molecule has 25 heavy (non-hydrogen) atoms. The third kappa shape index (κ3) is 3.99. The zero-order valence-electron chi connectivity index (χ0n) is 15.0. The lowest BCUT2D eigenvalue weighted by atomic mass is 9.93. The number of pyridine rings is 1. The fourth-order valence-electron chi connectivity index (χ4n) is 3.12. The molecule has 1 fully saturated rings. The minimum absolute atomic E-state index is 0.0798. The first-order valence-electron chi connectivity index (χ1n) is 8.56. The number of aryl methyl sites for hydroxylation is 1. The Bertz CT molecular complexity index is 728. The molecule has 2 aromatic heterocycles. The van der Waals surface area contributed by atoms with E-state index in [1.165, 1.54) is 0 Å². The topological polar surface area (TPSA) is 72.3 Å². The molecule has 1 saturated heterocycles. The second-order valence-corrected chi connectivity index (χ2v) is 6.60. The van der Waals surface area contributed by atoms with Gasteiger partial charge in [0.2, 0.25) is 0 Å². The minimum atomic E-state index is -0.0883. The number of amides is 1. The van der Waals surface area contributed by atoms with Crippen LogP contribution in [0.25, 0.3) is 0 Å². The lowest BCUT2D eigenvalue weighted by Gasteiger charge is -2.31. The molecule has 0 bridgehead atoms. The molecule has 2 atom stereocenters. The molecule has 0 spiro atoms. The van der Waals surface area contributed by atoms with Crippen molar-refractivity contribution in [3.63, 3.8) is 0 Å². The number of rotatable bonds is 5. The van der Waals surface area contributed by atoms with E-state index in [4.69, 9.17) is 4.74 Å². The van der Waals surface area contributed by atoms with E-state index in [0.29, 0.717) is 12.1 Å². The summed E-state index contributed by atoms with van der Waals surface area (Å²) in [6, 6.07) is 3.53. The van der Waals surface area contributed by atoms with Gasteiger partial charge in [-0.15, -0.1) is 0 Å². The number of aromatic nitrogens is 3. The highest BCUT2D eigenvalue weighted by Crippen LogP contribution is 2.32.